The van der Waals surface area contributed by atoms with E-state index in [1.807, 2.05) is 31.2 Å². The summed E-state index contributed by atoms with van der Waals surface area (Å²) in [6, 6.07) is 7.60. The third-order valence-electron chi connectivity index (χ3n) is 3.76. The molecule has 2 aromatic rings. The van der Waals surface area contributed by atoms with Crippen molar-refractivity contribution in [3.05, 3.63) is 35.9 Å². The normalized spacial score (nSPS) is 15.7. The largest absolute Gasteiger partial charge is 0.494 e. The Kier molecular flexibility index (Phi) is 4.90. The molecule has 0 aliphatic carbocycles. The van der Waals surface area contributed by atoms with E-state index in [2.05, 4.69) is 20.5 Å². The van der Waals surface area contributed by atoms with Gasteiger partial charge in [0, 0.05) is 5.92 Å². The summed E-state index contributed by atoms with van der Waals surface area (Å²) >= 11 is 0. The highest BCUT2D eigenvalue weighted by molar-refractivity contribution is 5.31. The van der Waals surface area contributed by atoms with Gasteiger partial charge < -0.3 is 14.8 Å². The van der Waals surface area contributed by atoms with Crippen LogP contribution in [0.2, 0.25) is 0 Å². The van der Waals surface area contributed by atoms with Gasteiger partial charge in [0.2, 0.25) is 0 Å². The lowest BCUT2D eigenvalue weighted by molar-refractivity contribution is 0.294. The topological polar surface area (TPSA) is 72.1 Å². The molecule has 1 fully saturated rings. The summed E-state index contributed by atoms with van der Waals surface area (Å²) in [6.07, 6.45) is 2.19. The van der Waals surface area contributed by atoms with Crippen molar-refractivity contribution in [2.75, 3.05) is 19.7 Å². The number of rotatable bonds is 6. The maximum Gasteiger partial charge on any atom is 0.162 e. The summed E-state index contributed by atoms with van der Waals surface area (Å²) in [7, 11) is 0. The van der Waals surface area contributed by atoms with Gasteiger partial charge in [-0.1, -0.05) is 0 Å². The Morgan fingerprint density at radius 2 is 1.77 bits per heavy atom. The molecule has 0 saturated carbocycles. The van der Waals surface area contributed by atoms with Crippen molar-refractivity contribution in [1.82, 2.24) is 20.5 Å². The Morgan fingerprint density at radius 1 is 1.09 bits per heavy atom. The molecule has 1 aliphatic rings. The van der Waals surface area contributed by atoms with Gasteiger partial charge in [0.15, 0.2) is 11.6 Å². The molecule has 6 heteroatoms. The van der Waals surface area contributed by atoms with Gasteiger partial charge in [-0.25, -0.2) is 4.98 Å². The number of nitrogens with zero attached hydrogens (tertiary/aromatic N) is 2. The highest BCUT2D eigenvalue weighted by Gasteiger charge is 2.19. The number of nitrogens with one attached hydrogen (secondary N) is 2. The molecule has 6 nitrogen and oxygen atoms in total. The summed E-state index contributed by atoms with van der Waals surface area (Å²) in [5.74, 6) is 3.77. The van der Waals surface area contributed by atoms with Crippen LogP contribution in [0.3, 0.4) is 0 Å². The van der Waals surface area contributed by atoms with Gasteiger partial charge in [0.1, 0.15) is 18.1 Å². The van der Waals surface area contributed by atoms with Gasteiger partial charge in [0.05, 0.1) is 6.61 Å². The highest BCUT2D eigenvalue weighted by atomic mass is 16.5. The van der Waals surface area contributed by atoms with E-state index in [0.29, 0.717) is 19.1 Å². The van der Waals surface area contributed by atoms with E-state index in [1.165, 1.54) is 0 Å². The first kappa shape index (κ1) is 14.8. The third-order valence-corrected chi connectivity index (χ3v) is 3.76. The van der Waals surface area contributed by atoms with E-state index >= 15 is 0 Å². The summed E-state index contributed by atoms with van der Waals surface area (Å²) in [5.41, 5.74) is 0. The van der Waals surface area contributed by atoms with Crippen molar-refractivity contribution in [3.63, 3.8) is 0 Å². The first-order chi connectivity index (χ1) is 10.8. The predicted molar refractivity (Wildman–Crippen MR) is 83.2 cm³/mol. The molecule has 0 amide bonds. The molecular weight excluding hydrogens is 280 g/mol. The summed E-state index contributed by atoms with van der Waals surface area (Å²) in [5, 5.41) is 10.7. The molecular formula is C16H22N4O2. The van der Waals surface area contributed by atoms with Crippen molar-refractivity contribution >= 4 is 0 Å². The molecule has 22 heavy (non-hydrogen) atoms. The number of aromatic nitrogens is 3. The molecule has 0 spiro atoms. The van der Waals surface area contributed by atoms with E-state index in [4.69, 9.17) is 9.47 Å². The molecule has 1 aromatic heterocycles. The zero-order valence-electron chi connectivity index (χ0n) is 12.8. The lowest BCUT2D eigenvalue weighted by Crippen LogP contribution is -2.27. The van der Waals surface area contributed by atoms with Crippen LogP contribution in [0.4, 0.5) is 0 Å². The van der Waals surface area contributed by atoms with Crippen LogP contribution in [-0.4, -0.2) is 34.9 Å². The molecule has 1 aromatic carbocycles. The molecule has 2 heterocycles. The zero-order chi connectivity index (χ0) is 15.2. The minimum atomic E-state index is 0.395. The average Bonchev–Trinajstić information content (AvgIpc) is 3.04. The van der Waals surface area contributed by atoms with Gasteiger partial charge in [0.25, 0.3) is 0 Å². The fourth-order valence-corrected chi connectivity index (χ4v) is 2.59. The van der Waals surface area contributed by atoms with Gasteiger partial charge in [-0.2, -0.15) is 5.10 Å². The lowest BCUT2D eigenvalue weighted by atomic mass is 9.98. The Bertz CT molecular complexity index is 576. The standard InChI is InChI=1S/C16H22N4O2/c1-2-21-13-3-5-14(6-4-13)22-11-15-18-16(20-19-15)12-7-9-17-10-8-12/h3-6,12,17H,2,7-11H2,1H3,(H,18,19,20). The van der Waals surface area contributed by atoms with Crippen LogP contribution in [0.15, 0.2) is 24.3 Å². The van der Waals surface area contributed by atoms with Crippen LogP contribution >= 0.6 is 0 Å². The molecule has 0 atom stereocenters. The minimum Gasteiger partial charge on any atom is -0.494 e. The van der Waals surface area contributed by atoms with Crippen molar-refractivity contribution in [2.24, 2.45) is 0 Å². The summed E-state index contributed by atoms with van der Waals surface area (Å²) in [6.45, 7) is 5.10. The maximum atomic E-state index is 5.72. The Balaban J connectivity index is 1.53. The number of aromatic amines is 1. The Morgan fingerprint density at radius 3 is 2.45 bits per heavy atom. The van der Waals surface area contributed by atoms with Crippen LogP contribution in [0.1, 0.15) is 37.3 Å². The number of hydrogen-bond donors (Lipinski definition) is 2. The lowest BCUT2D eigenvalue weighted by Gasteiger charge is -2.19. The second-order valence-corrected chi connectivity index (χ2v) is 5.36. The minimum absolute atomic E-state index is 0.395. The molecule has 3 rings (SSSR count). The first-order valence-corrected chi connectivity index (χ1v) is 7.82. The SMILES string of the molecule is CCOc1ccc(OCc2nc(C3CCNCC3)n[nH]2)cc1. The van der Waals surface area contributed by atoms with Crippen LogP contribution in [0.25, 0.3) is 0 Å². The maximum absolute atomic E-state index is 5.72. The number of piperidine rings is 1. The van der Waals surface area contributed by atoms with E-state index < -0.39 is 0 Å². The number of hydrogen-bond acceptors (Lipinski definition) is 5. The fourth-order valence-electron chi connectivity index (χ4n) is 2.59. The van der Waals surface area contributed by atoms with Gasteiger partial charge >= 0.3 is 0 Å². The van der Waals surface area contributed by atoms with E-state index in [0.717, 1.165) is 49.1 Å². The van der Waals surface area contributed by atoms with Gasteiger partial charge in [-0.15, -0.1) is 0 Å². The molecule has 0 unspecified atom stereocenters. The predicted octanol–water partition coefficient (Wildman–Crippen LogP) is 2.25. The van der Waals surface area contributed by atoms with Crippen molar-refractivity contribution in [2.45, 2.75) is 32.3 Å². The Labute approximate surface area is 130 Å². The molecule has 0 bridgehead atoms. The van der Waals surface area contributed by atoms with Gasteiger partial charge in [-0.05, 0) is 57.1 Å². The third kappa shape index (κ3) is 3.76. The fraction of sp³-hybridized carbons (Fsp3) is 0.500. The zero-order valence-corrected chi connectivity index (χ0v) is 12.8. The smallest absolute Gasteiger partial charge is 0.162 e. The number of H-pyrrole nitrogens is 1. The molecule has 118 valence electrons. The van der Waals surface area contributed by atoms with Crippen molar-refractivity contribution in [1.29, 1.82) is 0 Å². The second-order valence-electron chi connectivity index (χ2n) is 5.36. The van der Waals surface area contributed by atoms with Crippen LogP contribution in [0.5, 0.6) is 11.5 Å². The number of benzene rings is 1. The van der Waals surface area contributed by atoms with Crippen molar-refractivity contribution in [3.8, 4) is 11.5 Å². The monoisotopic (exact) mass is 302 g/mol. The summed E-state index contributed by atoms with van der Waals surface area (Å²) in [4.78, 5) is 4.55. The Hall–Kier alpha value is -2.08. The van der Waals surface area contributed by atoms with E-state index in [1.54, 1.807) is 0 Å². The molecule has 2 N–H and O–H groups in total. The van der Waals surface area contributed by atoms with Gasteiger partial charge in [-0.3, -0.25) is 5.10 Å². The van der Waals surface area contributed by atoms with E-state index in [9.17, 15) is 0 Å². The van der Waals surface area contributed by atoms with Crippen LogP contribution in [0, 0.1) is 0 Å². The van der Waals surface area contributed by atoms with Crippen molar-refractivity contribution < 1.29 is 9.47 Å². The molecule has 1 aliphatic heterocycles. The van der Waals surface area contributed by atoms with Crippen LogP contribution in [-0.2, 0) is 6.61 Å². The second kappa shape index (κ2) is 7.26. The molecule has 1 saturated heterocycles. The average molecular weight is 302 g/mol. The number of ether oxygens (including phenoxy) is 2. The van der Waals surface area contributed by atoms with Crippen LogP contribution < -0.4 is 14.8 Å². The highest BCUT2D eigenvalue weighted by Crippen LogP contribution is 2.22. The van der Waals surface area contributed by atoms with E-state index in [-0.39, 0.29) is 0 Å². The quantitative estimate of drug-likeness (QED) is 0.856. The first-order valence-electron chi connectivity index (χ1n) is 7.82. The summed E-state index contributed by atoms with van der Waals surface area (Å²) < 4.78 is 11.1. The molecule has 0 radical (unpaired) electrons.